The van der Waals surface area contributed by atoms with Gasteiger partial charge >= 0.3 is 6.03 Å². The molecule has 252 valence electrons. The van der Waals surface area contributed by atoms with Crippen molar-refractivity contribution in [1.29, 1.82) is 5.26 Å². The summed E-state index contributed by atoms with van der Waals surface area (Å²) < 4.78 is 5.99. The van der Waals surface area contributed by atoms with Gasteiger partial charge in [0.2, 0.25) is 0 Å². The summed E-state index contributed by atoms with van der Waals surface area (Å²) in [6, 6.07) is 18.2. The van der Waals surface area contributed by atoms with E-state index in [4.69, 9.17) is 4.74 Å². The van der Waals surface area contributed by atoms with Crippen molar-refractivity contribution in [3.05, 3.63) is 82.9 Å². The van der Waals surface area contributed by atoms with Gasteiger partial charge < -0.3 is 25.6 Å². The molecule has 4 aromatic rings. The topological polar surface area (TPSA) is 140 Å². The Morgan fingerprint density at radius 1 is 1.16 bits per heavy atom. The number of aromatic nitrogens is 1. The number of piperidine rings is 1. The number of benzene rings is 2. The number of hydrogen-bond donors (Lipinski definition) is 3. The van der Waals surface area contributed by atoms with Crippen LogP contribution in [-0.4, -0.2) is 58.9 Å². The maximum absolute atomic E-state index is 13.8. The summed E-state index contributed by atoms with van der Waals surface area (Å²) in [5.74, 6) is 0.665. The second-order valence-corrected chi connectivity index (χ2v) is 13.8. The molecule has 1 fully saturated rings. The largest absolute Gasteiger partial charge is 0.457 e. The van der Waals surface area contributed by atoms with Crippen molar-refractivity contribution >= 4 is 56.5 Å². The average Bonchev–Trinajstić information content (AvgIpc) is 3.46. The molecule has 0 aliphatic carbocycles. The Balaban J connectivity index is 1.21. The molecule has 2 aromatic heterocycles. The van der Waals surface area contributed by atoms with Crippen LogP contribution in [0, 0.1) is 18.3 Å². The van der Waals surface area contributed by atoms with Gasteiger partial charge in [-0.15, -0.1) is 11.3 Å². The third kappa shape index (κ3) is 7.13. The van der Waals surface area contributed by atoms with Gasteiger partial charge in [0.25, 0.3) is 11.8 Å². The highest BCUT2D eigenvalue weighted by Gasteiger charge is 2.35. The van der Waals surface area contributed by atoms with E-state index in [0.29, 0.717) is 63.0 Å². The SMILES string of the molecule is CCCNC(C)(C)/C=C(\C#N)C(=O)N1CCC[C@@H](NC(=O)c2sc3nccc4c3c2NC(=O)N4c2ccc(Oc3ccccc3)cc2C)C1. The van der Waals surface area contributed by atoms with E-state index in [0.717, 1.165) is 18.5 Å². The van der Waals surface area contributed by atoms with E-state index in [1.807, 2.05) is 69.3 Å². The number of amides is 4. The average molecular weight is 678 g/mol. The van der Waals surface area contributed by atoms with Crippen molar-refractivity contribution in [2.75, 3.05) is 29.9 Å². The molecule has 6 rings (SSSR count). The molecular weight excluding hydrogens is 639 g/mol. The summed E-state index contributed by atoms with van der Waals surface area (Å²) in [6.07, 6.45) is 5.60. The molecule has 2 aliphatic rings. The van der Waals surface area contributed by atoms with Crippen LogP contribution in [0.3, 0.4) is 0 Å². The zero-order valence-electron chi connectivity index (χ0n) is 28.0. The molecule has 0 unspecified atom stereocenters. The molecule has 0 spiro atoms. The molecule has 2 aromatic carbocycles. The predicted octanol–water partition coefficient (Wildman–Crippen LogP) is 7.03. The molecule has 3 N–H and O–H groups in total. The van der Waals surface area contributed by atoms with Gasteiger partial charge in [-0.1, -0.05) is 25.1 Å². The zero-order chi connectivity index (χ0) is 34.7. The maximum Gasteiger partial charge on any atom is 0.331 e. The van der Waals surface area contributed by atoms with E-state index < -0.39 is 11.6 Å². The molecule has 12 heteroatoms. The molecule has 1 atom stereocenters. The van der Waals surface area contributed by atoms with Gasteiger partial charge in [0.05, 0.1) is 22.4 Å². The Bertz CT molecular complexity index is 1980. The van der Waals surface area contributed by atoms with Gasteiger partial charge in [0.15, 0.2) is 0 Å². The Hall–Kier alpha value is -5.25. The Labute approximate surface area is 289 Å². The lowest BCUT2D eigenvalue weighted by atomic mass is 9.99. The normalized spacial score (nSPS) is 16.3. The highest BCUT2D eigenvalue weighted by molar-refractivity contribution is 7.21. The number of pyridine rings is 1. The number of para-hydroxylation sites is 1. The fourth-order valence-corrected chi connectivity index (χ4v) is 7.27. The first kappa shape index (κ1) is 33.6. The lowest BCUT2D eigenvalue weighted by Gasteiger charge is -2.33. The zero-order valence-corrected chi connectivity index (χ0v) is 28.8. The van der Waals surface area contributed by atoms with Crippen LogP contribution in [0.15, 0.2) is 72.4 Å². The predicted molar refractivity (Wildman–Crippen MR) is 192 cm³/mol. The number of thiophene rings is 1. The number of nitrogens with zero attached hydrogens (tertiary/aromatic N) is 4. The second-order valence-electron chi connectivity index (χ2n) is 12.8. The van der Waals surface area contributed by atoms with Crippen LogP contribution in [-0.2, 0) is 4.79 Å². The number of nitrogens with one attached hydrogen (secondary N) is 3. The van der Waals surface area contributed by atoms with Gasteiger partial charge in [0, 0.05) is 30.9 Å². The van der Waals surface area contributed by atoms with E-state index >= 15 is 0 Å². The summed E-state index contributed by atoms with van der Waals surface area (Å²) >= 11 is 1.21. The molecule has 4 amide bonds. The van der Waals surface area contributed by atoms with Crippen molar-refractivity contribution < 1.29 is 19.1 Å². The van der Waals surface area contributed by atoms with E-state index in [2.05, 4.69) is 33.9 Å². The molecule has 11 nitrogen and oxygen atoms in total. The van der Waals surface area contributed by atoms with Gasteiger partial charge in [-0.2, -0.15) is 5.26 Å². The smallest absolute Gasteiger partial charge is 0.331 e. The minimum atomic E-state index is -0.519. The van der Waals surface area contributed by atoms with Crippen LogP contribution in [0.5, 0.6) is 11.5 Å². The number of nitriles is 1. The third-order valence-corrected chi connectivity index (χ3v) is 9.67. The standard InChI is InChI=1S/C37H39N7O4S/c1-5-16-40-37(3,4)20-24(21-38)35(46)43-18-9-10-25(22-43)41-33(45)32-31-30-29(15-17-39-34(30)49-32)44(36(47)42-31)28-14-13-27(19-23(28)2)48-26-11-7-6-8-12-26/h6-8,11-15,17,19-20,25,40H,5,9-10,16,18,22H2,1-4H3,(H,41,45)(H,42,47)/b24-20+/t25-/m1/s1. The van der Waals surface area contributed by atoms with E-state index in [-0.39, 0.29) is 30.0 Å². The fourth-order valence-electron chi connectivity index (χ4n) is 6.25. The third-order valence-electron chi connectivity index (χ3n) is 8.57. The molecule has 2 aliphatic heterocycles. The summed E-state index contributed by atoms with van der Waals surface area (Å²) in [5.41, 5.74) is 2.11. The Morgan fingerprint density at radius 3 is 2.69 bits per heavy atom. The van der Waals surface area contributed by atoms with Gasteiger partial charge in [-0.3, -0.25) is 14.5 Å². The van der Waals surface area contributed by atoms with Crippen molar-refractivity contribution in [1.82, 2.24) is 20.5 Å². The Kier molecular flexibility index (Phi) is 9.67. The first-order valence-electron chi connectivity index (χ1n) is 16.4. The van der Waals surface area contributed by atoms with Crippen LogP contribution in [0.4, 0.5) is 21.9 Å². The highest BCUT2D eigenvalue weighted by atomic mass is 32.1. The minimum absolute atomic E-state index is 0.0778. The van der Waals surface area contributed by atoms with E-state index in [9.17, 15) is 19.6 Å². The van der Waals surface area contributed by atoms with Crippen molar-refractivity contribution in [3.63, 3.8) is 0 Å². The lowest BCUT2D eigenvalue weighted by Crippen LogP contribution is -2.50. The molecular formula is C37H39N7O4S. The maximum atomic E-state index is 13.8. The van der Waals surface area contributed by atoms with Crippen LogP contribution >= 0.6 is 11.3 Å². The quantitative estimate of drug-likeness (QED) is 0.121. The molecule has 1 saturated heterocycles. The first-order chi connectivity index (χ1) is 23.6. The minimum Gasteiger partial charge on any atom is -0.457 e. The molecule has 0 radical (unpaired) electrons. The van der Waals surface area contributed by atoms with Crippen molar-refractivity contribution in [2.24, 2.45) is 0 Å². The monoisotopic (exact) mass is 677 g/mol. The second kappa shape index (κ2) is 14.1. The highest BCUT2D eigenvalue weighted by Crippen LogP contribution is 2.46. The van der Waals surface area contributed by atoms with Crippen molar-refractivity contribution in [2.45, 2.75) is 58.5 Å². The lowest BCUT2D eigenvalue weighted by molar-refractivity contribution is -0.128. The van der Waals surface area contributed by atoms with Crippen LogP contribution < -0.4 is 25.6 Å². The number of urea groups is 1. The van der Waals surface area contributed by atoms with E-state index in [1.54, 1.807) is 28.1 Å². The number of anilines is 3. The van der Waals surface area contributed by atoms with Crippen LogP contribution in [0.2, 0.25) is 0 Å². The molecule has 4 heterocycles. The molecule has 0 saturated carbocycles. The number of carbonyl (C=O) groups is 3. The van der Waals surface area contributed by atoms with Gasteiger partial charge in [-0.05, 0) is 94.6 Å². The van der Waals surface area contributed by atoms with E-state index in [1.165, 1.54) is 11.3 Å². The molecule has 49 heavy (non-hydrogen) atoms. The first-order valence-corrected chi connectivity index (χ1v) is 17.2. The molecule has 0 bridgehead atoms. The summed E-state index contributed by atoms with van der Waals surface area (Å²) in [6.45, 7) is 9.38. The van der Waals surface area contributed by atoms with Crippen LogP contribution in [0.25, 0.3) is 10.2 Å². The number of rotatable bonds is 10. The van der Waals surface area contributed by atoms with Crippen molar-refractivity contribution in [3.8, 4) is 17.6 Å². The van der Waals surface area contributed by atoms with Crippen LogP contribution in [0.1, 0.15) is 55.3 Å². The number of carbonyl (C=O) groups excluding carboxylic acids is 3. The number of ether oxygens (including phenoxy) is 1. The summed E-state index contributed by atoms with van der Waals surface area (Å²) in [5, 5.41) is 19.9. The summed E-state index contributed by atoms with van der Waals surface area (Å²) in [7, 11) is 0. The fraction of sp³-hybridized carbons (Fsp3) is 0.324. The number of aryl methyl sites for hydroxylation is 1. The van der Waals surface area contributed by atoms with Gasteiger partial charge in [-0.25, -0.2) is 9.78 Å². The number of hydrogen-bond acceptors (Lipinski definition) is 8. The summed E-state index contributed by atoms with van der Waals surface area (Å²) in [4.78, 5) is 49.6. The van der Waals surface area contributed by atoms with Gasteiger partial charge in [0.1, 0.15) is 32.8 Å². The number of likely N-dealkylation sites (tertiary alicyclic amines) is 1. The Morgan fingerprint density at radius 2 is 1.96 bits per heavy atom.